The zero-order valence-electron chi connectivity index (χ0n) is 8.86. The number of carboxylic acids is 1. The van der Waals surface area contributed by atoms with E-state index in [1.54, 1.807) is 0 Å². The fourth-order valence-corrected chi connectivity index (χ4v) is 2.03. The molecule has 0 amide bonds. The summed E-state index contributed by atoms with van der Waals surface area (Å²) >= 11 is 0. The van der Waals surface area contributed by atoms with Gasteiger partial charge in [0.2, 0.25) is 0 Å². The van der Waals surface area contributed by atoms with Crippen LogP contribution in [0.25, 0.3) is 0 Å². The van der Waals surface area contributed by atoms with E-state index in [1.165, 1.54) is 6.92 Å². The van der Waals surface area contributed by atoms with Crippen LogP contribution in [0.15, 0.2) is 0 Å². The van der Waals surface area contributed by atoms with Crippen LogP contribution < -0.4 is 0 Å². The lowest BCUT2D eigenvalue weighted by Crippen LogP contribution is -2.48. The molecule has 0 aromatic heterocycles. The molecule has 82 valence electrons. The van der Waals surface area contributed by atoms with Gasteiger partial charge in [-0.3, -0.25) is 4.90 Å². The Morgan fingerprint density at radius 3 is 2.79 bits per heavy atom. The number of aliphatic hydroxyl groups is 1. The number of carboxylic acid groups (broad SMARTS) is 1. The molecule has 0 saturated carbocycles. The molecule has 2 unspecified atom stereocenters. The van der Waals surface area contributed by atoms with Crippen molar-refractivity contribution in [3.8, 4) is 0 Å². The van der Waals surface area contributed by atoms with Gasteiger partial charge in [-0.1, -0.05) is 6.92 Å². The van der Waals surface area contributed by atoms with Gasteiger partial charge in [0.15, 0.2) is 5.60 Å². The van der Waals surface area contributed by atoms with E-state index in [9.17, 15) is 9.90 Å². The number of hydrogen-bond acceptors (Lipinski definition) is 3. The van der Waals surface area contributed by atoms with Crippen LogP contribution in [-0.4, -0.2) is 45.8 Å². The largest absolute Gasteiger partial charge is 0.479 e. The van der Waals surface area contributed by atoms with E-state index < -0.39 is 11.6 Å². The van der Waals surface area contributed by atoms with Crippen molar-refractivity contribution in [2.24, 2.45) is 0 Å². The molecule has 1 aliphatic rings. The third-order valence-electron chi connectivity index (χ3n) is 2.94. The minimum absolute atomic E-state index is 0.237. The predicted molar refractivity (Wildman–Crippen MR) is 53.1 cm³/mol. The predicted octanol–water partition coefficient (Wildman–Crippen LogP) is 0.696. The molecule has 2 N–H and O–H groups in total. The van der Waals surface area contributed by atoms with E-state index >= 15 is 0 Å². The van der Waals surface area contributed by atoms with Crippen LogP contribution >= 0.6 is 0 Å². The Morgan fingerprint density at radius 2 is 2.29 bits per heavy atom. The Morgan fingerprint density at radius 1 is 1.64 bits per heavy atom. The molecule has 1 fully saturated rings. The molecular formula is C10H19NO3. The maximum Gasteiger partial charge on any atom is 0.336 e. The van der Waals surface area contributed by atoms with Crippen molar-refractivity contribution in [1.29, 1.82) is 0 Å². The van der Waals surface area contributed by atoms with Crippen molar-refractivity contribution >= 4 is 5.97 Å². The molecule has 1 heterocycles. The number of nitrogens with zero attached hydrogens (tertiary/aromatic N) is 1. The molecule has 0 radical (unpaired) electrons. The minimum Gasteiger partial charge on any atom is -0.479 e. The second-order valence-corrected chi connectivity index (χ2v) is 4.25. The van der Waals surface area contributed by atoms with Crippen molar-refractivity contribution < 1.29 is 15.0 Å². The molecule has 1 rings (SSSR count). The Labute approximate surface area is 84.5 Å². The fraction of sp³-hybridized carbons (Fsp3) is 0.900. The molecule has 4 nitrogen and oxygen atoms in total. The summed E-state index contributed by atoms with van der Waals surface area (Å²) in [6, 6.07) is 0.445. The van der Waals surface area contributed by atoms with Gasteiger partial charge in [-0.15, -0.1) is 0 Å². The van der Waals surface area contributed by atoms with Crippen LogP contribution in [0.3, 0.4) is 0 Å². The van der Waals surface area contributed by atoms with Gasteiger partial charge in [-0.05, 0) is 32.7 Å². The van der Waals surface area contributed by atoms with Crippen LogP contribution in [0, 0.1) is 0 Å². The second kappa shape index (κ2) is 4.28. The van der Waals surface area contributed by atoms with Crippen LogP contribution in [-0.2, 0) is 4.79 Å². The summed E-state index contributed by atoms with van der Waals surface area (Å²) in [5.41, 5.74) is -1.61. The summed E-state index contributed by atoms with van der Waals surface area (Å²) in [5.74, 6) is -1.14. The average Bonchev–Trinajstić information content (AvgIpc) is 2.50. The molecule has 0 spiro atoms. The highest BCUT2D eigenvalue weighted by Gasteiger charge is 2.35. The lowest BCUT2D eigenvalue weighted by molar-refractivity contribution is -0.158. The topological polar surface area (TPSA) is 60.8 Å². The monoisotopic (exact) mass is 201 g/mol. The number of likely N-dealkylation sites (tertiary alicyclic amines) is 1. The van der Waals surface area contributed by atoms with Gasteiger partial charge in [-0.2, -0.15) is 0 Å². The second-order valence-electron chi connectivity index (χ2n) is 4.25. The standard InChI is InChI=1S/C10H19NO3/c1-3-8-5-4-6-11(8)7-10(2,14)9(12)13/h8,14H,3-7H2,1-2H3,(H,12,13). The molecule has 14 heavy (non-hydrogen) atoms. The number of carbonyl (C=O) groups is 1. The molecule has 0 aliphatic carbocycles. The highest BCUT2D eigenvalue weighted by Crippen LogP contribution is 2.22. The highest BCUT2D eigenvalue weighted by molar-refractivity contribution is 5.76. The Kier molecular flexibility index (Phi) is 3.50. The lowest BCUT2D eigenvalue weighted by atomic mass is 10.1. The molecular weight excluding hydrogens is 182 g/mol. The van der Waals surface area contributed by atoms with Gasteiger partial charge >= 0.3 is 5.97 Å². The molecule has 0 aromatic rings. The summed E-state index contributed by atoms with van der Waals surface area (Å²) < 4.78 is 0. The van der Waals surface area contributed by atoms with Crippen LogP contribution in [0.4, 0.5) is 0 Å². The first-order valence-corrected chi connectivity index (χ1v) is 5.17. The first kappa shape index (κ1) is 11.5. The Hall–Kier alpha value is -0.610. The summed E-state index contributed by atoms with van der Waals surface area (Å²) in [4.78, 5) is 12.8. The Bertz CT molecular complexity index is 215. The SMILES string of the molecule is CCC1CCCN1CC(C)(O)C(=O)O. The summed E-state index contributed by atoms with van der Waals surface area (Å²) in [6.45, 7) is 4.60. The van der Waals surface area contributed by atoms with Crippen molar-refractivity contribution in [1.82, 2.24) is 4.90 Å². The van der Waals surface area contributed by atoms with E-state index in [0.717, 1.165) is 25.8 Å². The normalized spacial score (nSPS) is 27.5. The van der Waals surface area contributed by atoms with Crippen molar-refractivity contribution in [2.45, 2.75) is 44.8 Å². The van der Waals surface area contributed by atoms with Crippen LogP contribution in [0.2, 0.25) is 0 Å². The average molecular weight is 201 g/mol. The molecule has 0 bridgehead atoms. The van der Waals surface area contributed by atoms with Gasteiger partial charge in [-0.25, -0.2) is 4.79 Å². The first-order chi connectivity index (χ1) is 6.47. The van der Waals surface area contributed by atoms with Crippen molar-refractivity contribution in [3.63, 3.8) is 0 Å². The first-order valence-electron chi connectivity index (χ1n) is 5.17. The Balaban J connectivity index is 2.54. The van der Waals surface area contributed by atoms with E-state index in [2.05, 4.69) is 11.8 Å². The zero-order chi connectivity index (χ0) is 10.8. The van der Waals surface area contributed by atoms with E-state index in [0.29, 0.717) is 6.04 Å². The molecule has 4 heteroatoms. The zero-order valence-corrected chi connectivity index (χ0v) is 8.86. The molecule has 1 saturated heterocycles. The van der Waals surface area contributed by atoms with E-state index in [4.69, 9.17) is 5.11 Å². The van der Waals surface area contributed by atoms with E-state index in [-0.39, 0.29) is 6.54 Å². The number of β-amino-alcohol motifs (C(OH)–C–C–N with tert-alkyl or cyclic N) is 1. The van der Waals surface area contributed by atoms with Crippen molar-refractivity contribution in [2.75, 3.05) is 13.1 Å². The molecule has 1 aliphatic heterocycles. The fourth-order valence-electron chi connectivity index (χ4n) is 2.03. The summed E-state index contributed by atoms with van der Waals surface area (Å²) in [5, 5.41) is 18.4. The van der Waals surface area contributed by atoms with Gasteiger partial charge in [0.05, 0.1) is 0 Å². The smallest absolute Gasteiger partial charge is 0.336 e. The quantitative estimate of drug-likeness (QED) is 0.702. The minimum atomic E-state index is -1.61. The van der Waals surface area contributed by atoms with E-state index in [1.807, 2.05) is 0 Å². The molecule has 2 atom stereocenters. The number of aliphatic carboxylic acids is 1. The van der Waals surface area contributed by atoms with Crippen molar-refractivity contribution in [3.05, 3.63) is 0 Å². The number of rotatable bonds is 4. The maximum absolute atomic E-state index is 10.7. The highest BCUT2D eigenvalue weighted by atomic mass is 16.4. The van der Waals surface area contributed by atoms with Gasteiger partial charge in [0.1, 0.15) is 0 Å². The summed E-state index contributed by atoms with van der Waals surface area (Å²) in [7, 11) is 0. The maximum atomic E-state index is 10.7. The molecule has 0 aromatic carbocycles. The third kappa shape index (κ3) is 2.45. The number of hydrogen-bond donors (Lipinski definition) is 2. The van der Waals surface area contributed by atoms with Gasteiger partial charge < -0.3 is 10.2 Å². The summed E-state index contributed by atoms with van der Waals surface area (Å²) in [6.07, 6.45) is 3.25. The van der Waals surface area contributed by atoms with Gasteiger partial charge in [0, 0.05) is 12.6 Å². The third-order valence-corrected chi connectivity index (χ3v) is 2.94. The van der Waals surface area contributed by atoms with Crippen LogP contribution in [0.1, 0.15) is 33.1 Å². The van der Waals surface area contributed by atoms with Crippen LogP contribution in [0.5, 0.6) is 0 Å². The lowest BCUT2D eigenvalue weighted by Gasteiger charge is -2.29. The van der Waals surface area contributed by atoms with Gasteiger partial charge in [0.25, 0.3) is 0 Å².